The van der Waals surface area contributed by atoms with E-state index in [-0.39, 0.29) is 24.9 Å². The van der Waals surface area contributed by atoms with Gasteiger partial charge in [-0.3, -0.25) is 28.9 Å². The lowest BCUT2D eigenvalue weighted by Gasteiger charge is -2.52. The topological polar surface area (TPSA) is 201 Å². The Morgan fingerprint density at radius 3 is 2.45 bits per heavy atom. The van der Waals surface area contributed by atoms with Gasteiger partial charge >= 0.3 is 0 Å². The van der Waals surface area contributed by atoms with E-state index in [1.54, 1.807) is 0 Å². The second kappa shape index (κ2) is 9.39. The summed E-state index contributed by atoms with van der Waals surface area (Å²) in [7, 11) is -0.467. The van der Waals surface area contributed by atoms with Crippen molar-refractivity contribution in [3.63, 3.8) is 0 Å². The summed E-state index contributed by atoms with van der Waals surface area (Å²) in [5.41, 5.74) is 3.00. The second-order valence-corrected chi connectivity index (χ2v) is 12.0. The Morgan fingerprint density at radius 2 is 1.87 bits per heavy atom. The summed E-state index contributed by atoms with van der Waals surface area (Å²) in [6, 6.07) is 1.48. The third-order valence-corrected chi connectivity index (χ3v) is 8.26. The minimum absolute atomic E-state index is 0.0593. The van der Waals surface area contributed by atoms with E-state index in [4.69, 9.17) is 5.73 Å². The molecule has 12 nitrogen and oxygen atoms in total. The summed E-state index contributed by atoms with van der Waals surface area (Å²) in [6.45, 7) is -0.197. The van der Waals surface area contributed by atoms with Gasteiger partial charge in [-0.25, -0.2) is 13.1 Å². The van der Waals surface area contributed by atoms with Crippen molar-refractivity contribution in [1.82, 2.24) is 9.62 Å². The number of hydrogen-bond acceptors (Lipinski definition) is 10. The number of aliphatic hydroxyl groups is 1. The van der Waals surface area contributed by atoms with Crippen LogP contribution >= 0.6 is 0 Å². The molecule has 0 spiro atoms. The number of nitrogens with one attached hydrogen (secondary N) is 1. The number of fused-ring (bicyclic) bond motifs is 3. The minimum atomic E-state index is -3.48. The highest BCUT2D eigenvalue weighted by Crippen LogP contribution is 2.50. The smallest absolute Gasteiger partial charge is 0.235 e. The molecule has 0 saturated heterocycles. The van der Waals surface area contributed by atoms with Gasteiger partial charge in [0.1, 0.15) is 5.75 Å². The first kappa shape index (κ1) is 27.6. The molecule has 2 fully saturated rings. The highest BCUT2D eigenvalue weighted by atomic mass is 32.2. The average molecular weight is 546 g/mol. The number of amides is 1. The summed E-state index contributed by atoms with van der Waals surface area (Å²) in [5, 5.41) is 22.0. The predicted octanol–water partition coefficient (Wildman–Crippen LogP) is -2.23. The zero-order valence-electron chi connectivity index (χ0n) is 20.8. The zero-order valence-corrected chi connectivity index (χ0v) is 21.7. The van der Waals surface area contributed by atoms with Gasteiger partial charge in [0.05, 0.1) is 30.3 Å². The van der Waals surface area contributed by atoms with Gasteiger partial charge in [-0.1, -0.05) is 11.8 Å². The van der Waals surface area contributed by atoms with E-state index in [0.717, 1.165) is 6.26 Å². The first-order chi connectivity index (χ1) is 17.6. The van der Waals surface area contributed by atoms with Gasteiger partial charge in [0.25, 0.3) is 0 Å². The number of nitrogens with zero attached hydrogens (tertiary/aromatic N) is 1. The number of sulfonamides is 1. The van der Waals surface area contributed by atoms with Gasteiger partial charge in [0.2, 0.25) is 15.9 Å². The molecule has 13 heteroatoms. The van der Waals surface area contributed by atoms with Crippen molar-refractivity contribution in [2.24, 2.45) is 29.4 Å². The lowest BCUT2D eigenvalue weighted by molar-refractivity contribution is -0.181. The van der Waals surface area contributed by atoms with Crippen molar-refractivity contribution in [2.45, 2.75) is 24.5 Å². The molecule has 0 bridgehead atoms. The molecular formula is C25H27N3O9S. The Kier molecular flexibility index (Phi) is 6.82. The van der Waals surface area contributed by atoms with E-state index in [1.807, 2.05) is 0 Å². The third-order valence-electron chi connectivity index (χ3n) is 7.59. The lowest BCUT2D eigenvalue weighted by atomic mass is 9.52. The van der Waals surface area contributed by atoms with Crippen LogP contribution in [0.4, 0.5) is 0 Å². The maximum atomic E-state index is 13.7. The van der Waals surface area contributed by atoms with E-state index < -0.39 is 80.1 Å². The molecular weight excluding hydrogens is 518 g/mol. The van der Waals surface area contributed by atoms with Gasteiger partial charge in [0.15, 0.2) is 34.7 Å². The standard InChI is InChI=1S/C25H27N3O9S/c1-28(2)19-14-10-12-9-13-11(5-4-8-27-38(3,36)37)6-7-15(29)17(13)20(30)16(12)22(32)25(14,35)23(33)18(21(19)31)24(26)34/h6-7,12,14,16,18-19,27,29,35H,8-10H2,1-3H3,(H2,26,34). The zero-order chi connectivity index (χ0) is 28.3. The Morgan fingerprint density at radius 1 is 1.21 bits per heavy atom. The van der Waals surface area contributed by atoms with Crippen molar-refractivity contribution in [3.05, 3.63) is 28.8 Å². The van der Waals surface area contributed by atoms with E-state index in [2.05, 4.69) is 16.6 Å². The van der Waals surface area contributed by atoms with Crippen LogP contribution in [0.3, 0.4) is 0 Å². The molecule has 0 aromatic heterocycles. The number of aromatic hydroxyl groups is 1. The van der Waals surface area contributed by atoms with Gasteiger partial charge < -0.3 is 15.9 Å². The molecule has 1 amide bonds. The molecule has 2 saturated carbocycles. The van der Waals surface area contributed by atoms with Crippen molar-refractivity contribution in [2.75, 3.05) is 26.9 Å². The summed E-state index contributed by atoms with van der Waals surface area (Å²) >= 11 is 0. The number of hydrogen-bond donors (Lipinski definition) is 4. The number of ketones is 4. The van der Waals surface area contributed by atoms with Crippen LogP contribution in [0, 0.1) is 35.5 Å². The quantitative estimate of drug-likeness (QED) is 0.237. The molecule has 0 aliphatic heterocycles. The monoisotopic (exact) mass is 545 g/mol. The van der Waals surface area contributed by atoms with Crippen LogP contribution in [-0.4, -0.2) is 91.1 Å². The number of carbonyl (C=O) groups is 5. The van der Waals surface area contributed by atoms with Gasteiger partial charge in [-0.15, -0.1) is 0 Å². The number of Topliss-reactive ketones (excluding diaryl/α,β-unsaturated/α-hetero) is 4. The van der Waals surface area contributed by atoms with Crippen molar-refractivity contribution >= 4 is 39.1 Å². The van der Waals surface area contributed by atoms with Crippen molar-refractivity contribution in [3.8, 4) is 17.6 Å². The van der Waals surface area contributed by atoms with Gasteiger partial charge in [-0.2, -0.15) is 0 Å². The van der Waals surface area contributed by atoms with Crippen LogP contribution in [0.5, 0.6) is 5.75 Å². The molecule has 202 valence electrons. The molecule has 6 atom stereocenters. The molecule has 0 heterocycles. The summed E-state index contributed by atoms with van der Waals surface area (Å²) in [4.78, 5) is 67.1. The van der Waals surface area contributed by atoms with Crippen LogP contribution < -0.4 is 10.5 Å². The molecule has 6 unspecified atom stereocenters. The summed E-state index contributed by atoms with van der Waals surface area (Å²) in [5.74, 6) is -5.89. The summed E-state index contributed by atoms with van der Waals surface area (Å²) < 4.78 is 24.8. The van der Waals surface area contributed by atoms with E-state index in [1.165, 1.54) is 31.1 Å². The first-order valence-electron chi connectivity index (χ1n) is 11.7. The highest BCUT2D eigenvalue weighted by Gasteiger charge is 2.69. The molecule has 1 aromatic carbocycles. The average Bonchev–Trinajstić information content (AvgIpc) is 2.79. The predicted molar refractivity (Wildman–Crippen MR) is 131 cm³/mol. The number of benzene rings is 1. The van der Waals surface area contributed by atoms with E-state index in [0.29, 0.717) is 11.1 Å². The fourth-order valence-electron chi connectivity index (χ4n) is 6.03. The molecule has 4 rings (SSSR count). The number of likely N-dealkylation sites (N-methyl/N-ethyl adjacent to an activating group) is 1. The number of nitrogens with two attached hydrogens (primary N) is 1. The van der Waals surface area contributed by atoms with Crippen LogP contribution in [0.1, 0.15) is 27.9 Å². The first-order valence-corrected chi connectivity index (χ1v) is 13.6. The number of primary amides is 1. The largest absolute Gasteiger partial charge is 0.507 e. The normalized spacial score (nSPS) is 30.7. The molecule has 0 radical (unpaired) electrons. The number of carbonyl (C=O) groups excluding carboxylic acids is 5. The SMILES string of the molecule is CN(C)C1C(=O)C(C(N)=O)C(=O)C2(O)C(=O)C3C(=O)c4c(O)ccc(C#CCNS(C)(=O)=O)c4CC3CC12. The van der Waals surface area contributed by atoms with Crippen LogP contribution in [0.2, 0.25) is 0 Å². The van der Waals surface area contributed by atoms with Gasteiger partial charge in [-0.05, 0) is 50.6 Å². The Bertz CT molecular complexity index is 1460. The molecule has 38 heavy (non-hydrogen) atoms. The molecule has 5 N–H and O–H groups in total. The highest BCUT2D eigenvalue weighted by molar-refractivity contribution is 7.88. The van der Waals surface area contributed by atoms with E-state index in [9.17, 15) is 42.6 Å². The van der Waals surface area contributed by atoms with Crippen LogP contribution in [0.25, 0.3) is 0 Å². The fraction of sp³-hybridized carbons (Fsp3) is 0.480. The maximum Gasteiger partial charge on any atom is 0.235 e. The maximum absolute atomic E-state index is 13.7. The minimum Gasteiger partial charge on any atom is -0.507 e. The lowest BCUT2D eigenvalue weighted by Crippen LogP contribution is -2.74. The number of phenolic OH excluding ortho intramolecular Hbond substituents is 1. The second-order valence-electron chi connectivity index (χ2n) is 10.2. The Labute approximate surface area is 218 Å². The fourth-order valence-corrected chi connectivity index (χ4v) is 6.36. The number of phenols is 1. The van der Waals surface area contributed by atoms with Crippen LogP contribution in [0.15, 0.2) is 12.1 Å². The van der Waals surface area contributed by atoms with Crippen LogP contribution in [-0.2, 0) is 35.6 Å². The molecule has 1 aromatic rings. The number of rotatable bonds is 4. The molecule has 3 aliphatic rings. The third kappa shape index (κ3) is 4.23. The Balaban J connectivity index is 1.80. The summed E-state index contributed by atoms with van der Waals surface area (Å²) in [6.07, 6.45) is 0.955. The van der Waals surface area contributed by atoms with Gasteiger partial charge in [0, 0.05) is 11.5 Å². The van der Waals surface area contributed by atoms with Crippen molar-refractivity contribution < 1.29 is 42.6 Å². The van der Waals surface area contributed by atoms with E-state index >= 15 is 0 Å². The molecule has 3 aliphatic carbocycles. The van der Waals surface area contributed by atoms with Crippen molar-refractivity contribution in [1.29, 1.82) is 0 Å². The Hall–Kier alpha value is -3.44.